The van der Waals surface area contributed by atoms with Crippen molar-refractivity contribution in [2.45, 2.75) is 32.2 Å². The first kappa shape index (κ1) is 18.6. The maximum Gasteiger partial charge on any atom is 0.505 e. The number of piperidine rings is 1. The zero-order valence-corrected chi connectivity index (χ0v) is 15.8. The fourth-order valence-corrected chi connectivity index (χ4v) is 5.20. The molecule has 0 bridgehead atoms. The molecule has 0 saturated carbocycles. The van der Waals surface area contributed by atoms with Crippen LogP contribution in [0.2, 0.25) is 0 Å². The van der Waals surface area contributed by atoms with Crippen molar-refractivity contribution in [3.05, 3.63) is 35.9 Å². The molecule has 0 N–H and O–H groups in total. The van der Waals surface area contributed by atoms with Gasteiger partial charge in [-0.2, -0.15) is 0 Å². The van der Waals surface area contributed by atoms with Crippen LogP contribution in [0.3, 0.4) is 0 Å². The van der Waals surface area contributed by atoms with E-state index in [-0.39, 0.29) is 0 Å². The van der Waals surface area contributed by atoms with Gasteiger partial charge < -0.3 is 18.2 Å². The van der Waals surface area contributed by atoms with E-state index in [9.17, 15) is 0 Å². The lowest BCUT2D eigenvalue weighted by Crippen LogP contribution is -2.48. The summed E-state index contributed by atoms with van der Waals surface area (Å²) in [5, 5.41) is 0. The van der Waals surface area contributed by atoms with Gasteiger partial charge in [-0.15, -0.1) is 0 Å². The van der Waals surface area contributed by atoms with Crippen LogP contribution < -0.4 is 0 Å². The second kappa shape index (κ2) is 9.54. The highest BCUT2D eigenvalue weighted by atomic mass is 28.4. The Hall–Kier alpha value is -0.723. The number of rotatable bonds is 9. The average Bonchev–Trinajstić information content (AvgIpc) is 2.61. The first-order valence-corrected chi connectivity index (χ1v) is 10.6. The van der Waals surface area contributed by atoms with Crippen LogP contribution in [0.5, 0.6) is 0 Å². The van der Waals surface area contributed by atoms with Crippen LogP contribution >= 0.6 is 0 Å². The van der Waals surface area contributed by atoms with Crippen molar-refractivity contribution < 1.29 is 13.3 Å². The SMILES string of the molecule is CCCN1CCC(CO[Si](Cc2ccccc2)(OC)OC)CC1. The van der Waals surface area contributed by atoms with E-state index in [1.54, 1.807) is 14.2 Å². The first-order chi connectivity index (χ1) is 11.2. The van der Waals surface area contributed by atoms with Crippen molar-refractivity contribution in [3.8, 4) is 0 Å². The molecule has 1 saturated heterocycles. The Balaban J connectivity index is 1.85. The summed E-state index contributed by atoms with van der Waals surface area (Å²) in [5.74, 6) is 0.621. The zero-order valence-electron chi connectivity index (χ0n) is 14.8. The Bertz CT molecular complexity index is 431. The number of nitrogens with zero attached hydrogens (tertiary/aromatic N) is 1. The van der Waals surface area contributed by atoms with Crippen molar-refractivity contribution in [3.63, 3.8) is 0 Å². The Morgan fingerprint density at radius 3 is 2.30 bits per heavy atom. The van der Waals surface area contributed by atoms with Gasteiger partial charge in [-0.05, 0) is 50.4 Å². The monoisotopic (exact) mass is 337 g/mol. The number of hydrogen-bond donors (Lipinski definition) is 0. The molecule has 0 aliphatic carbocycles. The molecular weight excluding hydrogens is 306 g/mol. The second-order valence-corrected chi connectivity index (χ2v) is 9.17. The molecule has 1 heterocycles. The topological polar surface area (TPSA) is 30.9 Å². The second-order valence-electron chi connectivity index (χ2n) is 6.35. The molecule has 1 fully saturated rings. The number of likely N-dealkylation sites (tertiary alicyclic amines) is 1. The third-order valence-electron chi connectivity index (χ3n) is 4.67. The molecule has 0 atom stereocenters. The minimum Gasteiger partial charge on any atom is -0.377 e. The molecule has 0 aromatic heterocycles. The smallest absolute Gasteiger partial charge is 0.377 e. The highest BCUT2D eigenvalue weighted by molar-refractivity contribution is 6.60. The lowest BCUT2D eigenvalue weighted by Gasteiger charge is -2.34. The molecular formula is C18H31NO3Si. The molecule has 0 spiro atoms. The van der Waals surface area contributed by atoms with Crippen LogP contribution in [0, 0.1) is 5.92 Å². The van der Waals surface area contributed by atoms with Gasteiger partial charge in [0.25, 0.3) is 0 Å². The van der Waals surface area contributed by atoms with Crippen molar-refractivity contribution in [1.29, 1.82) is 0 Å². The van der Waals surface area contributed by atoms with Gasteiger partial charge in [0, 0.05) is 26.9 Å². The molecule has 0 unspecified atom stereocenters. The van der Waals surface area contributed by atoms with Crippen LogP contribution in [-0.4, -0.2) is 54.2 Å². The Morgan fingerprint density at radius 2 is 1.74 bits per heavy atom. The summed E-state index contributed by atoms with van der Waals surface area (Å²) < 4.78 is 17.7. The molecule has 5 heteroatoms. The van der Waals surface area contributed by atoms with Crippen LogP contribution in [0.25, 0.3) is 0 Å². The van der Waals surface area contributed by atoms with E-state index in [0.29, 0.717) is 5.92 Å². The van der Waals surface area contributed by atoms with E-state index in [1.165, 1.54) is 44.5 Å². The molecule has 0 radical (unpaired) electrons. The van der Waals surface area contributed by atoms with Crippen molar-refractivity contribution in [1.82, 2.24) is 4.90 Å². The highest BCUT2D eigenvalue weighted by Gasteiger charge is 2.40. The summed E-state index contributed by atoms with van der Waals surface area (Å²) in [7, 11) is 0.808. The van der Waals surface area contributed by atoms with E-state index >= 15 is 0 Å². The molecule has 0 amide bonds. The zero-order chi connectivity index (χ0) is 16.5. The van der Waals surface area contributed by atoms with Crippen LogP contribution in [0.4, 0.5) is 0 Å². The molecule has 130 valence electrons. The van der Waals surface area contributed by atoms with Crippen molar-refractivity contribution in [2.75, 3.05) is 40.5 Å². The summed E-state index contributed by atoms with van der Waals surface area (Å²) in [6.07, 6.45) is 3.66. The van der Waals surface area contributed by atoms with E-state index in [2.05, 4.69) is 24.0 Å². The van der Waals surface area contributed by atoms with Gasteiger partial charge in [-0.3, -0.25) is 0 Å². The van der Waals surface area contributed by atoms with Gasteiger partial charge in [0.15, 0.2) is 0 Å². The van der Waals surface area contributed by atoms with Crippen molar-refractivity contribution in [2.24, 2.45) is 5.92 Å². The predicted molar refractivity (Wildman–Crippen MR) is 95.3 cm³/mol. The van der Waals surface area contributed by atoms with E-state index < -0.39 is 8.80 Å². The first-order valence-electron chi connectivity index (χ1n) is 8.72. The lowest BCUT2D eigenvalue weighted by atomic mass is 9.98. The van der Waals surface area contributed by atoms with Gasteiger partial charge in [0.2, 0.25) is 0 Å². The number of benzene rings is 1. The molecule has 23 heavy (non-hydrogen) atoms. The minimum atomic E-state index is -2.61. The van der Waals surface area contributed by atoms with Crippen LogP contribution in [0.1, 0.15) is 31.7 Å². The van der Waals surface area contributed by atoms with Crippen molar-refractivity contribution >= 4 is 8.80 Å². The quantitative estimate of drug-likeness (QED) is 0.648. The minimum absolute atomic E-state index is 0.621. The summed E-state index contributed by atoms with van der Waals surface area (Å²) in [6, 6.07) is 11.1. The Morgan fingerprint density at radius 1 is 1.09 bits per heavy atom. The third-order valence-corrected chi connectivity index (χ3v) is 7.36. The van der Waals surface area contributed by atoms with Crippen LogP contribution in [-0.2, 0) is 19.3 Å². The van der Waals surface area contributed by atoms with Gasteiger partial charge >= 0.3 is 8.80 Å². The fourth-order valence-electron chi connectivity index (χ4n) is 3.18. The molecule has 1 aromatic rings. The Kier molecular flexibility index (Phi) is 7.72. The van der Waals surface area contributed by atoms with Gasteiger partial charge in [-0.1, -0.05) is 37.3 Å². The van der Waals surface area contributed by atoms with E-state index in [0.717, 1.165) is 12.7 Å². The summed E-state index contributed by atoms with van der Waals surface area (Å²) in [4.78, 5) is 2.55. The Labute approximate surface area is 142 Å². The third kappa shape index (κ3) is 5.69. The van der Waals surface area contributed by atoms with E-state index in [1.807, 2.05) is 18.2 Å². The van der Waals surface area contributed by atoms with Gasteiger partial charge in [0.05, 0.1) is 0 Å². The highest BCUT2D eigenvalue weighted by Crippen LogP contribution is 2.22. The van der Waals surface area contributed by atoms with Gasteiger partial charge in [0.1, 0.15) is 0 Å². The van der Waals surface area contributed by atoms with Crippen LogP contribution in [0.15, 0.2) is 30.3 Å². The lowest BCUT2D eigenvalue weighted by molar-refractivity contribution is 0.0630. The average molecular weight is 338 g/mol. The molecule has 4 nitrogen and oxygen atoms in total. The van der Waals surface area contributed by atoms with Gasteiger partial charge in [-0.25, -0.2) is 0 Å². The molecule has 1 aromatic carbocycles. The standard InChI is InChI=1S/C18H31NO3Si/c1-4-12-19-13-10-17(11-14-19)15-22-23(20-2,21-3)16-18-8-6-5-7-9-18/h5-9,17H,4,10-16H2,1-3H3. The summed E-state index contributed by atoms with van der Waals surface area (Å²) >= 11 is 0. The molecule has 1 aliphatic rings. The maximum absolute atomic E-state index is 6.24. The molecule has 2 rings (SSSR count). The summed E-state index contributed by atoms with van der Waals surface area (Å²) in [5.41, 5.74) is 1.21. The predicted octanol–water partition coefficient (Wildman–Crippen LogP) is 3.14. The maximum atomic E-state index is 6.24. The fraction of sp³-hybridized carbons (Fsp3) is 0.667. The number of hydrogen-bond acceptors (Lipinski definition) is 4. The summed E-state index contributed by atoms with van der Waals surface area (Å²) in [6.45, 7) is 6.59. The van der Waals surface area contributed by atoms with E-state index in [4.69, 9.17) is 13.3 Å². The largest absolute Gasteiger partial charge is 0.505 e. The molecule has 1 aliphatic heterocycles. The normalized spacial score (nSPS) is 17.5.